The Morgan fingerprint density at radius 1 is 1.35 bits per heavy atom. The smallest absolute Gasteiger partial charge is 0.242 e. The van der Waals surface area contributed by atoms with Gasteiger partial charge < -0.3 is 15.5 Å². The summed E-state index contributed by atoms with van der Waals surface area (Å²) in [6.07, 6.45) is 2.39. The van der Waals surface area contributed by atoms with E-state index in [0.717, 1.165) is 32.5 Å². The lowest BCUT2D eigenvalue weighted by atomic mass is 9.92. The Morgan fingerprint density at radius 2 is 2.05 bits per heavy atom. The summed E-state index contributed by atoms with van der Waals surface area (Å²) in [5.41, 5.74) is -0.0500. The summed E-state index contributed by atoms with van der Waals surface area (Å²) >= 11 is 0. The fourth-order valence-electron chi connectivity index (χ4n) is 2.48. The maximum Gasteiger partial charge on any atom is 0.242 e. The van der Waals surface area contributed by atoms with Crippen molar-refractivity contribution in [1.29, 1.82) is 0 Å². The third kappa shape index (κ3) is 5.90. The Labute approximate surface area is 122 Å². The Balaban J connectivity index is 2.43. The fourth-order valence-corrected chi connectivity index (χ4v) is 2.48. The second-order valence-electron chi connectivity index (χ2n) is 6.75. The zero-order valence-corrected chi connectivity index (χ0v) is 13.3. The van der Waals surface area contributed by atoms with Gasteiger partial charge in [-0.25, -0.2) is 0 Å². The van der Waals surface area contributed by atoms with Gasteiger partial charge in [-0.3, -0.25) is 9.59 Å². The van der Waals surface area contributed by atoms with Crippen molar-refractivity contribution in [2.75, 3.05) is 26.2 Å². The molecule has 0 aromatic rings. The van der Waals surface area contributed by atoms with Gasteiger partial charge >= 0.3 is 0 Å². The molecule has 2 amide bonds. The Kier molecular flexibility index (Phi) is 6.46. The minimum atomic E-state index is -0.0500. The van der Waals surface area contributed by atoms with Crippen LogP contribution in [0.1, 0.15) is 47.0 Å². The highest BCUT2D eigenvalue weighted by molar-refractivity contribution is 5.85. The van der Waals surface area contributed by atoms with E-state index in [0.29, 0.717) is 6.42 Å². The van der Waals surface area contributed by atoms with Gasteiger partial charge in [0.25, 0.3) is 0 Å². The number of carbonyl (C=O) groups excluding carboxylic acids is 2. The standard InChI is InChI=1S/C15H29N3O2/c1-5-8-18(12-6-7-16-10-12)14(20)11-17-13(19)9-15(2,3)4/h12,16H,5-11H2,1-4H3,(H,17,19). The Hall–Kier alpha value is -1.10. The normalized spacial score (nSPS) is 18.9. The lowest BCUT2D eigenvalue weighted by Crippen LogP contribution is -2.47. The zero-order chi connectivity index (χ0) is 15.2. The molecule has 20 heavy (non-hydrogen) atoms. The summed E-state index contributed by atoms with van der Waals surface area (Å²) in [7, 11) is 0. The maximum absolute atomic E-state index is 12.3. The molecule has 1 heterocycles. The number of amides is 2. The Morgan fingerprint density at radius 3 is 2.55 bits per heavy atom. The summed E-state index contributed by atoms with van der Waals surface area (Å²) in [6, 6.07) is 0.280. The first-order valence-electron chi connectivity index (χ1n) is 7.60. The highest BCUT2D eigenvalue weighted by Gasteiger charge is 2.26. The molecule has 5 heteroatoms. The number of nitrogens with zero attached hydrogens (tertiary/aromatic N) is 1. The first-order valence-corrected chi connectivity index (χ1v) is 7.60. The van der Waals surface area contributed by atoms with E-state index >= 15 is 0 Å². The van der Waals surface area contributed by atoms with E-state index < -0.39 is 0 Å². The minimum absolute atomic E-state index is 0.0304. The van der Waals surface area contributed by atoms with Gasteiger partial charge in [0.2, 0.25) is 11.8 Å². The van der Waals surface area contributed by atoms with Crippen LogP contribution in [-0.2, 0) is 9.59 Å². The maximum atomic E-state index is 12.3. The molecule has 0 radical (unpaired) electrons. The van der Waals surface area contributed by atoms with E-state index in [-0.39, 0.29) is 29.8 Å². The average Bonchev–Trinajstić information content (AvgIpc) is 2.84. The molecule has 0 aromatic carbocycles. The summed E-state index contributed by atoms with van der Waals surface area (Å²) in [6.45, 7) is 10.8. The van der Waals surface area contributed by atoms with Crippen LogP contribution in [0.2, 0.25) is 0 Å². The fraction of sp³-hybridized carbons (Fsp3) is 0.867. The number of carbonyl (C=O) groups is 2. The van der Waals surface area contributed by atoms with Gasteiger partial charge in [0.15, 0.2) is 0 Å². The van der Waals surface area contributed by atoms with E-state index in [1.165, 1.54) is 0 Å². The van der Waals surface area contributed by atoms with Gasteiger partial charge in [-0.05, 0) is 24.8 Å². The van der Waals surface area contributed by atoms with Gasteiger partial charge in [-0.15, -0.1) is 0 Å². The van der Waals surface area contributed by atoms with Crippen LogP contribution >= 0.6 is 0 Å². The van der Waals surface area contributed by atoms with Crippen molar-refractivity contribution in [2.45, 2.75) is 53.0 Å². The van der Waals surface area contributed by atoms with Crippen LogP contribution in [0.4, 0.5) is 0 Å². The van der Waals surface area contributed by atoms with Crippen molar-refractivity contribution < 1.29 is 9.59 Å². The second-order valence-corrected chi connectivity index (χ2v) is 6.75. The first kappa shape index (κ1) is 17.0. The van der Waals surface area contributed by atoms with Gasteiger partial charge in [0.05, 0.1) is 6.54 Å². The minimum Gasteiger partial charge on any atom is -0.347 e. The van der Waals surface area contributed by atoms with Crippen LogP contribution in [0.25, 0.3) is 0 Å². The largest absolute Gasteiger partial charge is 0.347 e. The predicted octanol–water partition coefficient (Wildman–Crippen LogP) is 1.14. The lowest BCUT2D eigenvalue weighted by Gasteiger charge is -2.28. The van der Waals surface area contributed by atoms with Gasteiger partial charge in [0, 0.05) is 25.6 Å². The Bertz CT molecular complexity index is 331. The second kappa shape index (κ2) is 7.62. The van der Waals surface area contributed by atoms with E-state index in [1.807, 2.05) is 25.7 Å². The molecule has 116 valence electrons. The molecule has 1 atom stereocenters. The molecular formula is C15H29N3O2. The van der Waals surface area contributed by atoms with Crippen LogP contribution in [0.3, 0.4) is 0 Å². The third-order valence-electron chi connectivity index (χ3n) is 3.39. The van der Waals surface area contributed by atoms with E-state index in [9.17, 15) is 9.59 Å². The third-order valence-corrected chi connectivity index (χ3v) is 3.39. The van der Waals surface area contributed by atoms with Crippen molar-refractivity contribution in [2.24, 2.45) is 5.41 Å². The van der Waals surface area contributed by atoms with E-state index in [4.69, 9.17) is 0 Å². The van der Waals surface area contributed by atoms with Crippen LogP contribution in [0.15, 0.2) is 0 Å². The average molecular weight is 283 g/mol. The van der Waals surface area contributed by atoms with Crippen LogP contribution in [-0.4, -0.2) is 48.9 Å². The summed E-state index contributed by atoms with van der Waals surface area (Å²) in [4.78, 5) is 26.0. The molecule has 0 saturated carbocycles. The van der Waals surface area contributed by atoms with E-state index in [1.54, 1.807) is 0 Å². The molecule has 5 nitrogen and oxygen atoms in total. The molecule has 0 bridgehead atoms. The molecule has 1 fully saturated rings. The van der Waals surface area contributed by atoms with Crippen LogP contribution < -0.4 is 10.6 Å². The molecule has 0 aromatic heterocycles. The SMILES string of the molecule is CCCN(C(=O)CNC(=O)CC(C)(C)C)C1CCNC1. The molecule has 1 aliphatic rings. The number of nitrogens with one attached hydrogen (secondary N) is 2. The number of hydrogen-bond donors (Lipinski definition) is 2. The van der Waals surface area contributed by atoms with Crippen molar-refractivity contribution in [3.8, 4) is 0 Å². The van der Waals surface area contributed by atoms with Crippen LogP contribution in [0, 0.1) is 5.41 Å². The van der Waals surface area contributed by atoms with Crippen molar-refractivity contribution >= 4 is 11.8 Å². The van der Waals surface area contributed by atoms with Gasteiger partial charge in [0.1, 0.15) is 0 Å². The number of hydrogen-bond acceptors (Lipinski definition) is 3. The quantitative estimate of drug-likeness (QED) is 0.768. The zero-order valence-electron chi connectivity index (χ0n) is 13.3. The van der Waals surface area contributed by atoms with E-state index in [2.05, 4.69) is 17.6 Å². The molecule has 1 aliphatic heterocycles. The number of rotatable bonds is 6. The van der Waals surface area contributed by atoms with Crippen molar-refractivity contribution in [3.05, 3.63) is 0 Å². The van der Waals surface area contributed by atoms with Gasteiger partial charge in [-0.1, -0.05) is 27.7 Å². The lowest BCUT2D eigenvalue weighted by molar-refractivity contribution is -0.135. The summed E-state index contributed by atoms with van der Waals surface area (Å²) in [5.74, 6) is -0.0188. The molecule has 2 N–H and O–H groups in total. The van der Waals surface area contributed by atoms with Crippen molar-refractivity contribution in [3.63, 3.8) is 0 Å². The molecular weight excluding hydrogens is 254 g/mol. The van der Waals surface area contributed by atoms with Crippen molar-refractivity contribution in [1.82, 2.24) is 15.5 Å². The highest BCUT2D eigenvalue weighted by Crippen LogP contribution is 2.17. The molecule has 1 unspecified atom stereocenters. The topological polar surface area (TPSA) is 61.4 Å². The molecule has 0 spiro atoms. The first-order chi connectivity index (χ1) is 9.33. The monoisotopic (exact) mass is 283 g/mol. The summed E-state index contributed by atoms with van der Waals surface area (Å²) < 4.78 is 0. The van der Waals surface area contributed by atoms with Gasteiger partial charge in [-0.2, -0.15) is 0 Å². The summed E-state index contributed by atoms with van der Waals surface area (Å²) in [5, 5.41) is 6.03. The molecule has 0 aliphatic carbocycles. The molecule has 1 rings (SSSR count). The predicted molar refractivity (Wildman–Crippen MR) is 80.4 cm³/mol. The highest BCUT2D eigenvalue weighted by atomic mass is 16.2. The molecule has 1 saturated heterocycles. The van der Waals surface area contributed by atoms with Crippen LogP contribution in [0.5, 0.6) is 0 Å².